The smallest absolute Gasteiger partial charge is 0.234 e. The summed E-state index contributed by atoms with van der Waals surface area (Å²) in [6.07, 6.45) is 3.15. The van der Waals surface area contributed by atoms with E-state index in [9.17, 15) is 16.8 Å². The highest BCUT2D eigenvalue weighted by Gasteiger charge is 2.28. The molecule has 0 heterocycles. The number of sulfonamides is 2. The Kier molecular flexibility index (Phi) is 5.23. The molecule has 1 saturated carbocycles. The summed E-state index contributed by atoms with van der Waals surface area (Å²) < 4.78 is 52.4. The summed E-state index contributed by atoms with van der Waals surface area (Å²) in [4.78, 5) is 0. The quantitative estimate of drug-likeness (QED) is 0.787. The molecular weight excluding hydrogens is 312 g/mol. The van der Waals surface area contributed by atoms with Gasteiger partial charge in [-0.25, -0.2) is 21.6 Å². The van der Waals surface area contributed by atoms with Crippen LogP contribution in [-0.4, -0.2) is 34.4 Å². The maximum atomic E-state index is 12.0. The van der Waals surface area contributed by atoms with Gasteiger partial charge in [0, 0.05) is 12.2 Å². The molecule has 0 radical (unpaired) electrons. The average molecular weight is 332 g/mol. The SMILES string of the molecule is O=S(=O)(CCNS(=O)(=O)C1CCCC1)Nc1ccccc1. The third kappa shape index (κ3) is 4.98. The molecule has 0 aromatic heterocycles. The highest BCUT2D eigenvalue weighted by molar-refractivity contribution is 7.93. The molecule has 0 saturated heterocycles. The van der Waals surface area contributed by atoms with E-state index in [1.165, 1.54) is 0 Å². The van der Waals surface area contributed by atoms with Gasteiger partial charge in [0.2, 0.25) is 20.0 Å². The van der Waals surface area contributed by atoms with Crippen LogP contribution in [0.25, 0.3) is 0 Å². The van der Waals surface area contributed by atoms with Crippen LogP contribution in [0.15, 0.2) is 30.3 Å². The summed E-state index contributed by atoms with van der Waals surface area (Å²) >= 11 is 0. The molecular formula is C13H20N2O4S2. The van der Waals surface area contributed by atoms with Gasteiger partial charge in [-0.15, -0.1) is 0 Å². The monoisotopic (exact) mass is 332 g/mol. The lowest BCUT2D eigenvalue weighted by molar-refractivity contribution is 0.566. The summed E-state index contributed by atoms with van der Waals surface area (Å²) in [6, 6.07) is 8.51. The fourth-order valence-electron chi connectivity index (χ4n) is 2.37. The van der Waals surface area contributed by atoms with Crippen LogP contribution in [0, 0.1) is 0 Å². The van der Waals surface area contributed by atoms with Crippen LogP contribution in [0.4, 0.5) is 5.69 Å². The Morgan fingerprint density at radius 2 is 1.62 bits per heavy atom. The van der Waals surface area contributed by atoms with Crippen LogP contribution < -0.4 is 9.44 Å². The van der Waals surface area contributed by atoms with E-state index in [0.717, 1.165) is 12.8 Å². The summed E-state index contributed by atoms with van der Waals surface area (Å²) in [5.74, 6) is -0.284. The van der Waals surface area contributed by atoms with E-state index in [4.69, 9.17) is 0 Å². The number of anilines is 1. The molecule has 0 aliphatic heterocycles. The third-order valence-corrected chi connectivity index (χ3v) is 6.71. The number of nitrogens with one attached hydrogen (secondary N) is 2. The second kappa shape index (κ2) is 6.76. The average Bonchev–Trinajstić information content (AvgIpc) is 2.93. The first-order valence-corrected chi connectivity index (χ1v) is 10.1. The van der Waals surface area contributed by atoms with E-state index in [-0.39, 0.29) is 17.5 Å². The van der Waals surface area contributed by atoms with Gasteiger partial charge in [0.05, 0.1) is 11.0 Å². The van der Waals surface area contributed by atoms with E-state index >= 15 is 0 Å². The zero-order valence-electron chi connectivity index (χ0n) is 11.7. The molecule has 0 atom stereocenters. The Balaban J connectivity index is 1.84. The van der Waals surface area contributed by atoms with E-state index in [0.29, 0.717) is 18.5 Å². The molecule has 0 amide bonds. The summed E-state index contributed by atoms with van der Waals surface area (Å²) in [6.45, 7) is -0.110. The van der Waals surface area contributed by atoms with Gasteiger partial charge < -0.3 is 0 Å². The van der Waals surface area contributed by atoms with Crippen LogP contribution in [0.2, 0.25) is 0 Å². The first-order chi connectivity index (χ1) is 9.89. The molecule has 0 bridgehead atoms. The second-order valence-corrected chi connectivity index (χ2v) is 9.02. The lowest BCUT2D eigenvalue weighted by atomic mass is 10.3. The van der Waals surface area contributed by atoms with Crippen LogP contribution in [0.5, 0.6) is 0 Å². The van der Waals surface area contributed by atoms with Crippen LogP contribution in [-0.2, 0) is 20.0 Å². The lowest BCUT2D eigenvalue weighted by Crippen LogP contribution is -2.36. The Bertz CT molecular complexity index is 651. The highest BCUT2D eigenvalue weighted by atomic mass is 32.2. The molecule has 1 fully saturated rings. The second-order valence-electron chi connectivity index (χ2n) is 5.13. The van der Waals surface area contributed by atoms with E-state index < -0.39 is 20.0 Å². The van der Waals surface area contributed by atoms with Crippen molar-refractivity contribution in [2.75, 3.05) is 17.0 Å². The molecule has 118 valence electrons. The molecule has 0 unspecified atom stereocenters. The zero-order valence-corrected chi connectivity index (χ0v) is 13.3. The summed E-state index contributed by atoms with van der Waals surface area (Å²) in [5.41, 5.74) is 0.469. The first-order valence-electron chi connectivity index (χ1n) is 6.93. The maximum absolute atomic E-state index is 12.0. The van der Waals surface area contributed by atoms with Crippen molar-refractivity contribution in [3.63, 3.8) is 0 Å². The Morgan fingerprint density at radius 1 is 1.00 bits per heavy atom. The molecule has 21 heavy (non-hydrogen) atoms. The number of hydrogen-bond donors (Lipinski definition) is 2. The minimum atomic E-state index is -3.56. The van der Waals surface area contributed by atoms with Gasteiger partial charge in [-0.3, -0.25) is 4.72 Å². The van der Waals surface area contributed by atoms with Crippen LogP contribution in [0.1, 0.15) is 25.7 Å². The standard InChI is InChI=1S/C13H20N2O4S2/c16-20(17,15-12-6-2-1-3-7-12)11-10-14-21(18,19)13-8-4-5-9-13/h1-3,6-7,13-15H,4-5,8-11H2. The minimum absolute atomic E-state index is 0.110. The first kappa shape index (κ1) is 16.3. The molecule has 2 rings (SSSR count). The van der Waals surface area contributed by atoms with Gasteiger partial charge in [0.25, 0.3) is 0 Å². The van der Waals surface area contributed by atoms with Crippen molar-refractivity contribution in [2.24, 2.45) is 0 Å². The zero-order chi connectivity index (χ0) is 15.3. The topological polar surface area (TPSA) is 92.3 Å². The van der Waals surface area contributed by atoms with Gasteiger partial charge in [0.1, 0.15) is 0 Å². The van der Waals surface area contributed by atoms with Crippen molar-refractivity contribution in [3.05, 3.63) is 30.3 Å². The number of hydrogen-bond acceptors (Lipinski definition) is 4. The molecule has 1 aliphatic rings. The highest BCUT2D eigenvalue weighted by Crippen LogP contribution is 2.23. The van der Waals surface area contributed by atoms with Crippen LogP contribution >= 0.6 is 0 Å². The van der Waals surface area contributed by atoms with Gasteiger partial charge in [-0.1, -0.05) is 31.0 Å². The fourth-order valence-corrected chi connectivity index (χ4v) is 5.05. The Morgan fingerprint density at radius 3 is 2.24 bits per heavy atom. The van der Waals surface area contributed by atoms with Gasteiger partial charge in [-0.2, -0.15) is 0 Å². The predicted molar refractivity (Wildman–Crippen MR) is 83.0 cm³/mol. The molecule has 2 N–H and O–H groups in total. The summed E-state index contributed by atoms with van der Waals surface area (Å²) in [5, 5.41) is -0.373. The van der Waals surface area contributed by atoms with Gasteiger partial charge >= 0.3 is 0 Å². The number of rotatable bonds is 7. The fraction of sp³-hybridized carbons (Fsp3) is 0.538. The molecule has 0 spiro atoms. The third-order valence-electron chi connectivity index (χ3n) is 3.46. The summed E-state index contributed by atoms with van der Waals surface area (Å²) in [7, 11) is -6.96. The molecule has 1 aliphatic carbocycles. The van der Waals surface area contributed by atoms with Gasteiger partial charge in [-0.05, 0) is 25.0 Å². The number of benzene rings is 1. The maximum Gasteiger partial charge on any atom is 0.234 e. The molecule has 8 heteroatoms. The largest absolute Gasteiger partial charge is 0.284 e. The Labute approximate surface area is 126 Å². The molecule has 1 aromatic carbocycles. The molecule has 1 aromatic rings. The van der Waals surface area contributed by atoms with Crippen molar-refractivity contribution in [1.29, 1.82) is 0 Å². The minimum Gasteiger partial charge on any atom is -0.284 e. The Hall–Kier alpha value is -1.12. The number of para-hydroxylation sites is 1. The normalized spacial score (nSPS) is 17.0. The van der Waals surface area contributed by atoms with Crippen molar-refractivity contribution in [1.82, 2.24) is 4.72 Å². The van der Waals surface area contributed by atoms with Gasteiger partial charge in [0.15, 0.2) is 0 Å². The lowest BCUT2D eigenvalue weighted by Gasteiger charge is -2.13. The van der Waals surface area contributed by atoms with E-state index in [2.05, 4.69) is 9.44 Å². The van der Waals surface area contributed by atoms with Crippen molar-refractivity contribution < 1.29 is 16.8 Å². The van der Waals surface area contributed by atoms with Crippen molar-refractivity contribution in [3.8, 4) is 0 Å². The van der Waals surface area contributed by atoms with Crippen molar-refractivity contribution >= 4 is 25.7 Å². The molecule has 6 nitrogen and oxygen atoms in total. The van der Waals surface area contributed by atoms with Crippen molar-refractivity contribution in [2.45, 2.75) is 30.9 Å². The predicted octanol–water partition coefficient (Wildman–Crippen LogP) is 1.29. The van der Waals surface area contributed by atoms with E-state index in [1.807, 2.05) is 0 Å². The van der Waals surface area contributed by atoms with Crippen LogP contribution in [0.3, 0.4) is 0 Å². The van der Waals surface area contributed by atoms with E-state index in [1.54, 1.807) is 30.3 Å².